The molecule has 0 radical (unpaired) electrons. The van der Waals surface area contributed by atoms with Crippen molar-refractivity contribution >= 4 is 40.3 Å². The summed E-state index contributed by atoms with van der Waals surface area (Å²) in [5, 5.41) is 12.0. The molecule has 1 aliphatic heterocycles. The van der Waals surface area contributed by atoms with Crippen LogP contribution in [-0.2, 0) is 0 Å². The number of methoxy groups -OCH3 is 1. The number of aromatic hydroxyl groups is 1. The molecule has 1 aliphatic rings. The highest BCUT2D eigenvalue weighted by Crippen LogP contribution is 2.31. The van der Waals surface area contributed by atoms with E-state index in [0.717, 1.165) is 11.8 Å². The predicted molar refractivity (Wildman–Crippen MR) is 71.4 cm³/mol. The Bertz CT molecular complexity index is 525. The topological polar surface area (TPSA) is 58.6 Å². The fourth-order valence-electron chi connectivity index (χ4n) is 1.34. The highest BCUT2D eigenvalue weighted by molar-refractivity contribution is 8.19. The van der Waals surface area contributed by atoms with Gasteiger partial charge in [0.2, 0.25) is 0 Å². The Labute approximate surface area is 108 Å². The molecule has 1 aromatic carbocycles. The Hall–Kier alpha value is -1.53. The molecule has 2 rings (SSSR count). The first-order chi connectivity index (χ1) is 8.10. The molecule has 4 nitrogen and oxygen atoms in total. The Kier molecular flexibility index (Phi) is 3.35. The Balaban J connectivity index is 2.38. The molecule has 2 N–H and O–H groups in total. The van der Waals surface area contributed by atoms with E-state index in [2.05, 4.69) is 5.32 Å². The maximum absolute atomic E-state index is 11.1. The monoisotopic (exact) mass is 267 g/mol. The molecule has 0 aromatic heterocycles. The number of thiocarbonyl (C=S) groups is 1. The largest absolute Gasteiger partial charge is 0.507 e. The average Bonchev–Trinajstić information content (AvgIpc) is 2.60. The van der Waals surface area contributed by atoms with Crippen LogP contribution in [0.5, 0.6) is 11.5 Å². The van der Waals surface area contributed by atoms with Crippen LogP contribution in [-0.4, -0.2) is 22.4 Å². The van der Waals surface area contributed by atoms with Crippen LogP contribution >= 0.6 is 24.0 Å². The second-order valence-corrected chi connectivity index (χ2v) is 4.70. The van der Waals surface area contributed by atoms with E-state index in [0.29, 0.717) is 21.2 Å². The number of thioether (sulfide) groups is 1. The number of ether oxygens (including phenoxy) is 1. The molecule has 0 bridgehead atoms. The number of carbonyl (C=O) groups is 1. The summed E-state index contributed by atoms with van der Waals surface area (Å²) in [6.07, 6.45) is 1.66. The molecule has 17 heavy (non-hydrogen) atoms. The van der Waals surface area contributed by atoms with Crippen molar-refractivity contribution in [2.45, 2.75) is 0 Å². The van der Waals surface area contributed by atoms with Crippen LogP contribution in [0, 0.1) is 0 Å². The Morgan fingerprint density at radius 1 is 1.53 bits per heavy atom. The van der Waals surface area contributed by atoms with E-state index in [1.165, 1.54) is 6.07 Å². The lowest BCUT2D eigenvalue weighted by Crippen LogP contribution is -2.15. The van der Waals surface area contributed by atoms with Gasteiger partial charge in [-0.15, -0.1) is 0 Å². The molecular formula is C11H9NO3S2. The normalized spacial score (nSPS) is 17.4. The van der Waals surface area contributed by atoms with Crippen molar-refractivity contribution in [3.8, 4) is 11.5 Å². The number of phenols is 1. The fraction of sp³-hybridized carbons (Fsp3) is 0.0909. The van der Waals surface area contributed by atoms with Gasteiger partial charge in [0.1, 0.15) is 16.5 Å². The second-order valence-electron chi connectivity index (χ2n) is 3.28. The second kappa shape index (κ2) is 4.77. The van der Waals surface area contributed by atoms with Gasteiger partial charge in [-0.3, -0.25) is 4.79 Å². The van der Waals surface area contributed by atoms with Gasteiger partial charge in [-0.2, -0.15) is 0 Å². The van der Waals surface area contributed by atoms with Crippen LogP contribution < -0.4 is 10.1 Å². The van der Waals surface area contributed by atoms with E-state index in [4.69, 9.17) is 17.0 Å². The summed E-state index contributed by atoms with van der Waals surface area (Å²) in [6.45, 7) is 0. The van der Waals surface area contributed by atoms with Crippen molar-refractivity contribution in [1.82, 2.24) is 5.32 Å². The zero-order chi connectivity index (χ0) is 12.4. The maximum Gasteiger partial charge on any atom is 0.289 e. The molecule has 1 saturated heterocycles. The van der Waals surface area contributed by atoms with Crippen molar-refractivity contribution in [2.75, 3.05) is 7.11 Å². The van der Waals surface area contributed by atoms with E-state index in [1.807, 2.05) is 0 Å². The van der Waals surface area contributed by atoms with Crippen molar-refractivity contribution in [3.05, 3.63) is 28.7 Å². The number of benzene rings is 1. The predicted octanol–water partition coefficient (Wildman–Crippen LogP) is 2.53. The molecule has 1 heterocycles. The standard InChI is InChI=1S/C11H9NO3S2/c1-15-7-2-3-8(13)6(4-7)5-9-10(16)12-11(14)17-9/h2-5,13H,1H3,(H,12,14,16). The quantitative estimate of drug-likeness (QED) is 0.637. The zero-order valence-electron chi connectivity index (χ0n) is 8.89. The number of phenolic OH excluding ortho intramolecular Hbond substituents is 1. The zero-order valence-corrected chi connectivity index (χ0v) is 10.5. The first-order valence-corrected chi connectivity index (χ1v) is 5.94. The highest BCUT2D eigenvalue weighted by atomic mass is 32.2. The molecule has 0 saturated carbocycles. The van der Waals surface area contributed by atoms with Crippen LogP contribution in [0.1, 0.15) is 5.56 Å². The van der Waals surface area contributed by atoms with Crippen molar-refractivity contribution in [2.24, 2.45) is 0 Å². The number of rotatable bonds is 2. The smallest absolute Gasteiger partial charge is 0.289 e. The molecule has 1 amide bonds. The summed E-state index contributed by atoms with van der Waals surface area (Å²) >= 11 is 6.00. The molecule has 0 spiro atoms. The minimum atomic E-state index is -0.205. The molecule has 1 fully saturated rings. The van der Waals surface area contributed by atoms with Gasteiger partial charge in [-0.25, -0.2) is 0 Å². The molecule has 88 valence electrons. The summed E-state index contributed by atoms with van der Waals surface area (Å²) in [5.74, 6) is 0.740. The minimum Gasteiger partial charge on any atom is -0.507 e. The van der Waals surface area contributed by atoms with E-state index < -0.39 is 0 Å². The third-order valence-corrected chi connectivity index (χ3v) is 3.44. The molecular weight excluding hydrogens is 258 g/mol. The van der Waals surface area contributed by atoms with Crippen LogP contribution in [0.2, 0.25) is 0 Å². The maximum atomic E-state index is 11.1. The van der Waals surface area contributed by atoms with Crippen molar-refractivity contribution in [1.29, 1.82) is 0 Å². The van der Waals surface area contributed by atoms with E-state index in [9.17, 15) is 9.90 Å². The van der Waals surface area contributed by atoms with Gasteiger partial charge in [0.25, 0.3) is 5.24 Å². The van der Waals surface area contributed by atoms with Crippen molar-refractivity contribution < 1.29 is 14.6 Å². The number of hydrogen-bond donors (Lipinski definition) is 2. The molecule has 0 unspecified atom stereocenters. The van der Waals surface area contributed by atoms with Crippen LogP contribution in [0.3, 0.4) is 0 Å². The van der Waals surface area contributed by atoms with Gasteiger partial charge in [0.15, 0.2) is 0 Å². The number of amides is 1. The van der Waals surface area contributed by atoms with Gasteiger partial charge in [0, 0.05) is 5.56 Å². The van der Waals surface area contributed by atoms with Crippen LogP contribution in [0.15, 0.2) is 23.1 Å². The van der Waals surface area contributed by atoms with Crippen molar-refractivity contribution in [3.63, 3.8) is 0 Å². The van der Waals surface area contributed by atoms with Gasteiger partial charge in [-0.1, -0.05) is 12.2 Å². The van der Waals surface area contributed by atoms with Gasteiger partial charge in [0.05, 0.1) is 12.0 Å². The summed E-state index contributed by atoms with van der Waals surface area (Å²) in [6, 6.07) is 4.86. The van der Waals surface area contributed by atoms with E-state index in [-0.39, 0.29) is 11.0 Å². The first-order valence-electron chi connectivity index (χ1n) is 4.72. The molecule has 0 atom stereocenters. The average molecular weight is 267 g/mol. The Morgan fingerprint density at radius 3 is 2.88 bits per heavy atom. The number of nitrogens with one attached hydrogen (secondary N) is 1. The SMILES string of the molecule is COc1ccc(O)c(C=C2SC(=O)NC2=S)c1. The van der Waals surface area contributed by atoms with Gasteiger partial charge in [-0.05, 0) is 36.0 Å². The van der Waals surface area contributed by atoms with Gasteiger partial charge >= 0.3 is 0 Å². The fourth-order valence-corrected chi connectivity index (χ4v) is 2.36. The number of carbonyl (C=O) groups excluding carboxylic acids is 1. The third-order valence-electron chi connectivity index (χ3n) is 2.16. The first kappa shape index (κ1) is 11.9. The number of hydrogen-bond acceptors (Lipinski definition) is 5. The molecule has 0 aliphatic carbocycles. The van der Waals surface area contributed by atoms with Crippen LogP contribution in [0.4, 0.5) is 4.79 Å². The Morgan fingerprint density at radius 2 is 2.29 bits per heavy atom. The summed E-state index contributed by atoms with van der Waals surface area (Å²) in [7, 11) is 1.54. The minimum absolute atomic E-state index is 0.112. The summed E-state index contributed by atoms with van der Waals surface area (Å²) < 4.78 is 5.06. The lowest BCUT2D eigenvalue weighted by molar-refractivity contribution is 0.265. The van der Waals surface area contributed by atoms with E-state index >= 15 is 0 Å². The molecule has 6 heteroatoms. The van der Waals surface area contributed by atoms with E-state index in [1.54, 1.807) is 25.3 Å². The highest BCUT2D eigenvalue weighted by Gasteiger charge is 2.21. The third kappa shape index (κ3) is 2.59. The van der Waals surface area contributed by atoms with Gasteiger partial charge < -0.3 is 15.2 Å². The van der Waals surface area contributed by atoms with Crippen LogP contribution in [0.25, 0.3) is 6.08 Å². The lowest BCUT2D eigenvalue weighted by Gasteiger charge is -2.04. The summed E-state index contributed by atoms with van der Waals surface area (Å²) in [4.78, 5) is 12.1. The molecule has 1 aromatic rings. The lowest BCUT2D eigenvalue weighted by atomic mass is 10.1. The summed E-state index contributed by atoms with van der Waals surface area (Å²) in [5.41, 5.74) is 0.561.